The molecule has 1 amide bonds. The number of hydrogen-bond donors (Lipinski definition) is 1. The monoisotopic (exact) mass is 364 g/mol. The first-order chi connectivity index (χ1) is 13.2. The normalized spacial score (nSPS) is 22.1. The maximum absolute atomic E-state index is 12.5. The number of carbonyl (C=O) groups is 1. The molecule has 1 N–H and O–H groups in total. The van der Waals surface area contributed by atoms with E-state index in [0.717, 1.165) is 29.3 Å². The molecule has 1 saturated heterocycles. The molecule has 0 saturated carbocycles. The summed E-state index contributed by atoms with van der Waals surface area (Å²) in [5, 5.41) is 3.06. The third-order valence-corrected chi connectivity index (χ3v) is 5.65. The van der Waals surface area contributed by atoms with Crippen LogP contribution in [0.15, 0.2) is 48.5 Å². The molecule has 2 unspecified atom stereocenters. The molecule has 2 aromatic carbocycles. The number of hydrogen-bond acceptors (Lipinski definition) is 3. The van der Waals surface area contributed by atoms with Crippen molar-refractivity contribution in [1.82, 2.24) is 10.2 Å². The number of carbonyl (C=O) groups excluding carboxylic acids is 1. The van der Waals surface area contributed by atoms with Crippen molar-refractivity contribution in [3.8, 4) is 5.75 Å². The number of para-hydroxylation sites is 1. The molecular weight excluding hydrogens is 336 g/mol. The Morgan fingerprint density at radius 1 is 1.15 bits per heavy atom. The van der Waals surface area contributed by atoms with Gasteiger partial charge in [0.25, 0.3) is 0 Å². The van der Waals surface area contributed by atoms with Crippen LogP contribution in [0.3, 0.4) is 0 Å². The number of nitrogens with zero attached hydrogens (tertiary/aromatic N) is 1. The van der Waals surface area contributed by atoms with E-state index in [0.29, 0.717) is 13.2 Å². The van der Waals surface area contributed by atoms with Crippen LogP contribution in [0.2, 0.25) is 0 Å². The zero-order chi connectivity index (χ0) is 18.6. The summed E-state index contributed by atoms with van der Waals surface area (Å²) in [5.41, 5.74) is 3.46. The maximum Gasteiger partial charge on any atom is 0.231 e. The quantitative estimate of drug-likeness (QED) is 0.879. The predicted molar refractivity (Wildman–Crippen MR) is 107 cm³/mol. The zero-order valence-electron chi connectivity index (χ0n) is 16.0. The lowest BCUT2D eigenvalue weighted by Crippen LogP contribution is -2.33. The van der Waals surface area contributed by atoms with Crippen LogP contribution in [0.4, 0.5) is 0 Å². The van der Waals surface area contributed by atoms with Crippen LogP contribution in [-0.4, -0.2) is 30.5 Å². The minimum absolute atomic E-state index is 0.0336. The van der Waals surface area contributed by atoms with Crippen molar-refractivity contribution in [3.05, 3.63) is 65.2 Å². The molecule has 0 radical (unpaired) electrons. The Labute approximate surface area is 161 Å². The van der Waals surface area contributed by atoms with Crippen LogP contribution in [0.1, 0.15) is 42.4 Å². The van der Waals surface area contributed by atoms with Crippen molar-refractivity contribution in [2.24, 2.45) is 5.92 Å². The summed E-state index contributed by atoms with van der Waals surface area (Å²) in [5.74, 6) is 1.46. The minimum Gasteiger partial charge on any atom is -0.492 e. The van der Waals surface area contributed by atoms with Crippen LogP contribution in [0.5, 0.6) is 5.75 Å². The van der Waals surface area contributed by atoms with E-state index in [-0.39, 0.29) is 11.8 Å². The van der Waals surface area contributed by atoms with Gasteiger partial charge in [-0.15, -0.1) is 0 Å². The first-order valence-corrected chi connectivity index (χ1v) is 9.98. The smallest absolute Gasteiger partial charge is 0.231 e. The van der Waals surface area contributed by atoms with E-state index in [2.05, 4.69) is 41.4 Å². The van der Waals surface area contributed by atoms with E-state index in [9.17, 15) is 4.79 Å². The van der Waals surface area contributed by atoms with Gasteiger partial charge in [-0.05, 0) is 42.5 Å². The van der Waals surface area contributed by atoms with Crippen molar-refractivity contribution in [2.75, 3.05) is 19.7 Å². The summed E-state index contributed by atoms with van der Waals surface area (Å²) >= 11 is 0. The van der Waals surface area contributed by atoms with Gasteiger partial charge in [-0.2, -0.15) is 0 Å². The predicted octanol–water partition coefficient (Wildman–Crippen LogP) is 3.71. The molecule has 2 heterocycles. The fourth-order valence-electron chi connectivity index (χ4n) is 4.14. The molecule has 2 aromatic rings. The molecule has 2 aliphatic rings. The fraction of sp³-hybridized carbons (Fsp3) is 0.435. The summed E-state index contributed by atoms with van der Waals surface area (Å²) in [4.78, 5) is 15.1. The Balaban J connectivity index is 1.29. The Morgan fingerprint density at radius 3 is 2.74 bits per heavy atom. The van der Waals surface area contributed by atoms with E-state index in [1.54, 1.807) is 0 Å². The van der Waals surface area contributed by atoms with Crippen LogP contribution < -0.4 is 10.1 Å². The maximum atomic E-state index is 12.5. The molecule has 4 nitrogen and oxygen atoms in total. The Hall–Kier alpha value is -2.33. The van der Waals surface area contributed by atoms with Crippen molar-refractivity contribution >= 4 is 5.91 Å². The van der Waals surface area contributed by atoms with E-state index < -0.39 is 0 Å². The van der Waals surface area contributed by atoms with E-state index in [1.165, 1.54) is 31.5 Å². The largest absolute Gasteiger partial charge is 0.492 e. The Kier molecular flexibility index (Phi) is 5.44. The van der Waals surface area contributed by atoms with Gasteiger partial charge in [0.2, 0.25) is 5.91 Å². The highest BCUT2D eigenvalue weighted by Gasteiger charge is 2.29. The number of benzene rings is 2. The van der Waals surface area contributed by atoms with Gasteiger partial charge in [-0.25, -0.2) is 0 Å². The van der Waals surface area contributed by atoms with E-state index in [4.69, 9.17) is 4.74 Å². The lowest BCUT2D eigenvalue weighted by molar-refractivity contribution is -0.122. The molecule has 142 valence electrons. The van der Waals surface area contributed by atoms with Crippen molar-refractivity contribution < 1.29 is 9.53 Å². The first kappa shape index (κ1) is 18.1. The molecule has 4 heteroatoms. The van der Waals surface area contributed by atoms with Gasteiger partial charge in [-0.3, -0.25) is 9.69 Å². The molecular formula is C23H28N2O2. The van der Waals surface area contributed by atoms with Gasteiger partial charge in [0.1, 0.15) is 18.3 Å². The second kappa shape index (κ2) is 8.13. The first-order valence-electron chi connectivity index (χ1n) is 9.98. The highest BCUT2D eigenvalue weighted by Crippen LogP contribution is 2.33. The van der Waals surface area contributed by atoms with Crippen LogP contribution in [0.25, 0.3) is 0 Å². The highest BCUT2D eigenvalue weighted by atomic mass is 16.5. The van der Waals surface area contributed by atoms with E-state index >= 15 is 0 Å². The number of fused-ring (bicyclic) bond motifs is 1. The molecule has 27 heavy (non-hydrogen) atoms. The van der Waals surface area contributed by atoms with E-state index in [1.807, 2.05) is 24.3 Å². The average Bonchev–Trinajstić information content (AvgIpc) is 3.11. The average molecular weight is 364 g/mol. The molecule has 0 spiro atoms. The lowest BCUT2D eigenvalue weighted by Gasteiger charge is -2.30. The summed E-state index contributed by atoms with van der Waals surface area (Å²) in [6.45, 7) is 6.74. The summed E-state index contributed by atoms with van der Waals surface area (Å²) in [7, 11) is 0. The Morgan fingerprint density at radius 2 is 1.93 bits per heavy atom. The van der Waals surface area contributed by atoms with Crippen LogP contribution >= 0.6 is 0 Å². The number of ether oxygens (including phenoxy) is 1. The number of amides is 1. The van der Waals surface area contributed by atoms with Gasteiger partial charge < -0.3 is 10.1 Å². The molecule has 2 aliphatic heterocycles. The Bertz CT molecular complexity index is 787. The lowest BCUT2D eigenvalue weighted by atomic mass is 9.99. The molecule has 0 aromatic heterocycles. The molecule has 2 atom stereocenters. The minimum atomic E-state index is -0.207. The topological polar surface area (TPSA) is 41.6 Å². The molecule has 1 fully saturated rings. The SMILES string of the molecule is CC1CCCN(Cc2ccc(CNC(=O)C3COc4ccccc43)cc2)C1. The number of rotatable bonds is 5. The van der Waals surface area contributed by atoms with Gasteiger partial charge >= 0.3 is 0 Å². The van der Waals surface area contributed by atoms with Crippen molar-refractivity contribution in [2.45, 2.75) is 38.8 Å². The van der Waals surface area contributed by atoms with Gasteiger partial charge in [-0.1, -0.05) is 49.4 Å². The fourth-order valence-corrected chi connectivity index (χ4v) is 4.14. The number of nitrogens with one attached hydrogen (secondary N) is 1. The summed E-state index contributed by atoms with van der Waals surface area (Å²) < 4.78 is 5.61. The van der Waals surface area contributed by atoms with Crippen molar-refractivity contribution in [1.29, 1.82) is 0 Å². The van der Waals surface area contributed by atoms with Crippen LogP contribution in [-0.2, 0) is 17.9 Å². The third-order valence-electron chi connectivity index (χ3n) is 5.65. The van der Waals surface area contributed by atoms with Crippen molar-refractivity contribution in [3.63, 3.8) is 0 Å². The van der Waals surface area contributed by atoms with Crippen LogP contribution in [0, 0.1) is 5.92 Å². The standard InChI is InChI=1S/C23H28N2O2/c1-17-5-4-12-25(14-17)15-19-10-8-18(9-11-19)13-24-23(26)21-16-27-22-7-3-2-6-20(21)22/h2-3,6-11,17,21H,4-5,12-16H2,1H3,(H,24,26). The van der Waals surface area contributed by atoms with Gasteiger partial charge in [0, 0.05) is 25.2 Å². The second-order valence-electron chi connectivity index (χ2n) is 7.92. The summed E-state index contributed by atoms with van der Waals surface area (Å²) in [6.07, 6.45) is 2.66. The zero-order valence-corrected chi connectivity index (χ0v) is 16.0. The number of likely N-dealkylation sites (tertiary alicyclic amines) is 1. The molecule has 4 rings (SSSR count). The highest BCUT2D eigenvalue weighted by molar-refractivity contribution is 5.85. The second-order valence-corrected chi connectivity index (χ2v) is 7.92. The third kappa shape index (κ3) is 4.33. The van der Waals surface area contributed by atoms with Gasteiger partial charge in [0.15, 0.2) is 0 Å². The number of piperidine rings is 1. The molecule has 0 aliphatic carbocycles. The summed E-state index contributed by atoms with van der Waals surface area (Å²) in [6, 6.07) is 16.4. The van der Waals surface area contributed by atoms with Gasteiger partial charge in [0.05, 0.1) is 0 Å². The molecule has 0 bridgehead atoms.